The summed E-state index contributed by atoms with van der Waals surface area (Å²) in [4.78, 5) is 13.8. The second-order valence-corrected chi connectivity index (χ2v) is 5.45. The molecule has 1 aromatic carbocycles. The minimum atomic E-state index is -0.229. The highest BCUT2D eigenvalue weighted by Gasteiger charge is 2.28. The highest BCUT2D eigenvalue weighted by molar-refractivity contribution is 7.99. The van der Waals surface area contributed by atoms with Crippen LogP contribution in [0.2, 0.25) is 0 Å². The summed E-state index contributed by atoms with van der Waals surface area (Å²) >= 11 is 3.19. The van der Waals surface area contributed by atoms with Crippen molar-refractivity contribution in [2.24, 2.45) is 0 Å². The van der Waals surface area contributed by atoms with E-state index in [-0.39, 0.29) is 11.4 Å². The SMILES string of the molecule is O=C1O[C@H](c2cccs2)Sc2ccccc21. The van der Waals surface area contributed by atoms with Crippen LogP contribution in [0.3, 0.4) is 0 Å². The molecule has 16 heavy (non-hydrogen) atoms. The summed E-state index contributed by atoms with van der Waals surface area (Å²) in [6.45, 7) is 0. The van der Waals surface area contributed by atoms with Gasteiger partial charge in [0, 0.05) is 4.90 Å². The van der Waals surface area contributed by atoms with Gasteiger partial charge in [-0.1, -0.05) is 30.0 Å². The lowest BCUT2D eigenvalue weighted by Crippen LogP contribution is -2.14. The number of fused-ring (bicyclic) bond motifs is 1. The Bertz CT molecular complexity index is 520. The number of esters is 1. The topological polar surface area (TPSA) is 26.3 Å². The minimum Gasteiger partial charge on any atom is -0.441 e. The summed E-state index contributed by atoms with van der Waals surface area (Å²) < 4.78 is 5.39. The molecule has 0 fully saturated rings. The summed E-state index contributed by atoms with van der Waals surface area (Å²) in [7, 11) is 0. The molecule has 0 radical (unpaired) electrons. The lowest BCUT2D eigenvalue weighted by Gasteiger charge is -2.22. The van der Waals surface area contributed by atoms with Crippen molar-refractivity contribution in [2.75, 3.05) is 0 Å². The maximum Gasteiger partial charge on any atom is 0.340 e. The maximum atomic E-state index is 11.8. The largest absolute Gasteiger partial charge is 0.441 e. The highest BCUT2D eigenvalue weighted by Crippen LogP contribution is 2.43. The Morgan fingerprint density at radius 3 is 2.81 bits per heavy atom. The lowest BCUT2D eigenvalue weighted by molar-refractivity contribution is 0.0444. The van der Waals surface area contributed by atoms with Crippen LogP contribution in [0, 0.1) is 0 Å². The van der Waals surface area contributed by atoms with E-state index in [4.69, 9.17) is 4.74 Å². The highest BCUT2D eigenvalue weighted by atomic mass is 32.2. The van der Waals surface area contributed by atoms with Gasteiger partial charge in [0.1, 0.15) is 0 Å². The number of cyclic esters (lactones) is 1. The Labute approximate surface area is 101 Å². The van der Waals surface area contributed by atoms with Crippen molar-refractivity contribution in [3.8, 4) is 0 Å². The van der Waals surface area contributed by atoms with Crippen molar-refractivity contribution in [3.05, 3.63) is 52.2 Å². The van der Waals surface area contributed by atoms with Gasteiger partial charge in [-0.05, 0) is 23.6 Å². The Balaban J connectivity index is 1.98. The molecule has 0 unspecified atom stereocenters. The van der Waals surface area contributed by atoms with Gasteiger partial charge in [0.05, 0.1) is 10.4 Å². The first-order valence-corrected chi connectivity index (χ1v) is 6.60. The van der Waals surface area contributed by atoms with E-state index in [1.807, 2.05) is 35.7 Å². The van der Waals surface area contributed by atoms with Crippen molar-refractivity contribution in [3.63, 3.8) is 0 Å². The van der Waals surface area contributed by atoms with Gasteiger partial charge in [-0.15, -0.1) is 11.3 Å². The van der Waals surface area contributed by atoms with Gasteiger partial charge < -0.3 is 4.74 Å². The average molecular weight is 248 g/mol. The lowest BCUT2D eigenvalue weighted by atomic mass is 10.2. The monoisotopic (exact) mass is 248 g/mol. The molecule has 80 valence electrons. The molecule has 0 spiro atoms. The smallest absolute Gasteiger partial charge is 0.340 e. The third-order valence-electron chi connectivity index (χ3n) is 2.33. The molecule has 1 atom stereocenters. The summed E-state index contributed by atoms with van der Waals surface area (Å²) in [6, 6.07) is 11.5. The summed E-state index contributed by atoms with van der Waals surface area (Å²) in [5.74, 6) is -0.229. The molecule has 0 saturated carbocycles. The van der Waals surface area contributed by atoms with Gasteiger partial charge in [0.15, 0.2) is 5.44 Å². The van der Waals surface area contributed by atoms with Gasteiger partial charge in [0.2, 0.25) is 0 Å². The van der Waals surface area contributed by atoms with Crippen molar-refractivity contribution >= 4 is 29.1 Å². The predicted molar refractivity (Wildman–Crippen MR) is 64.8 cm³/mol. The Morgan fingerprint density at radius 2 is 2.00 bits per heavy atom. The van der Waals surface area contributed by atoms with Crippen LogP contribution >= 0.6 is 23.1 Å². The van der Waals surface area contributed by atoms with Crippen LogP contribution < -0.4 is 0 Å². The van der Waals surface area contributed by atoms with E-state index in [9.17, 15) is 4.79 Å². The summed E-state index contributed by atoms with van der Waals surface area (Å²) in [6.07, 6.45) is 0. The first-order valence-electron chi connectivity index (χ1n) is 4.84. The van der Waals surface area contributed by atoms with E-state index < -0.39 is 0 Å². The predicted octanol–water partition coefficient (Wildman–Crippen LogP) is 3.71. The van der Waals surface area contributed by atoms with E-state index >= 15 is 0 Å². The second-order valence-electron chi connectivity index (χ2n) is 3.37. The van der Waals surface area contributed by atoms with Crippen LogP contribution in [0.15, 0.2) is 46.7 Å². The van der Waals surface area contributed by atoms with E-state index in [0.717, 1.165) is 9.77 Å². The number of benzene rings is 1. The fourth-order valence-corrected chi connectivity index (χ4v) is 3.52. The van der Waals surface area contributed by atoms with Crippen LogP contribution in [0.1, 0.15) is 20.7 Å². The molecule has 3 rings (SSSR count). The summed E-state index contributed by atoms with van der Waals surface area (Å²) in [5.41, 5.74) is 0.475. The van der Waals surface area contributed by atoms with Gasteiger partial charge in [-0.25, -0.2) is 4.79 Å². The quantitative estimate of drug-likeness (QED) is 0.720. The zero-order valence-corrected chi connectivity index (χ0v) is 9.88. The normalized spacial score (nSPS) is 19.0. The Morgan fingerprint density at radius 1 is 1.12 bits per heavy atom. The number of thiophene rings is 1. The molecule has 0 aliphatic carbocycles. The third kappa shape index (κ3) is 1.64. The Hall–Kier alpha value is -1.26. The minimum absolute atomic E-state index is 0.192. The third-order valence-corrected chi connectivity index (χ3v) is 4.57. The van der Waals surface area contributed by atoms with Gasteiger partial charge >= 0.3 is 5.97 Å². The number of carbonyl (C=O) groups is 1. The van der Waals surface area contributed by atoms with E-state index in [1.54, 1.807) is 29.2 Å². The number of rotatable bonds is 1. The van der Waals surface area contributed by atoms with E-state index in [2.05, 4.69) is 0 Å². The molecule has 2 aromatic rings. The molecule has 2 heterocycles. The van der Waals surface area contributed by atoms with Crippen molar-refractivity contribution < 1.29 is 9.53 Å². The van der Waals surface area contributed by atoms with Crippen LogP contribution in [0.5, 0.6) is 0 Å². The van der Waals surface area contributed by atoms with Crippen molar-refractivity contribution in [1.82, 2.24) is 0 Å². The fourth-order valence-electron chi connectivity index (χ4n) is 1.58. The number of hydrogen-bond donors (Lipinski definition) is 0. The molecule has 4 heteroatoms. The zero-order chi connectivity index (χ0) is 11.0. The number of ether oxygens (including phenoxy) is 1. The average Bonchev–Trinajstić information content (AvgIpc) is 2.82. The molecular weight excluding hydrogens is 240 g/mol. The van der Waals surface area contributed by atoms with E-state index in [1.165, 1.54) is 0 Å². The number of carbonyl (C=O) groups excluding carboxylic acids is 1. The molecule has 1 aromatic heterocycles. The molecule has 1 aliphatic heterocycles. The molecule has 0 N–H and O–H groups in total. The van der Waals surface area contributed by atoms with Gasteiger partial charge in [-0.3, -0.25) is 0 Å². The van der Waals surface area contributed by atoms with Gasteiger partial charge in [0.25, 0.3) is 0 Å². The first-order chi connectivity index (χ1) is 7.84. The fraction of sp³-hybridized carbons (Fsp3) is 0.0833. The number of hydrogen-bond acceptors (Lipinski definition) is 4. The Kier molecular flexibility index (Phi) is 2.46. The van der Waals surface area contributed by atoms with Crippen LogP contribution in [0.25, 0.3) is 0 Å². The van der Waals surface area contributed by atoms with Crippen LogP contribution in [-0.2, 0) is 4.74 Å². The number of thioether (sulfide) groups is 1. The molecular formula is C12H8O2S2. The van der Waals surface area contributed by atoms with Crippen LogP contribution in [-0.4, -0.2) is 5.97 Å². The molecule has 0 bridgehead atoms. The molecule has 0 saturated heterocycles. The zero-order valence-electron chi connectivity index (χ0n) is 8.25. The second kappa shape index (κ2) is 3.96. The van der Waals surface area contributed by atoms with Crippen molar-refractivity contribution in [1.29, 1.82) is 0 Å². The first kappa shape index (κ1) is 9.93. The standard InChI is InChI=1S/C12H8O2S2/c13-11-8-4-1-2-5-9(8)16-12(14-11)10-6-3-7-15-10/h1-7,12H/t12-/m0/s1. The molecule has 1 aliphatic rings. The van der Waals surface area contributed by atoms with Crippen molar-refractivity contribution in [2.45, 2.75) is 10.3 Å². The molecule has 2 nitrogen and oxygen atoms in total. The maximum absolute atomic E-state index is 11.8. The van der Waals surface area contributed by atoms with Gasteiger partial charge in [-0.2, -0.15) is 0 Å². The van der Waals surface area contributed by atoms with E-state index in [0.29, 0.717) is 5.56 Å². The van der Waals surface area contributed by atoms with Crippen LogP contribution in [0.4, 0.5) is 0 Å². The molecule has 0 amide bonds. The summed E-state index contributed by atoms with van der Waals surface area (Å²) in [5, 5.41) is 1.99.